The standard InChI is InChI=1S/C22H24FN5O5/c1-4-11-26-19(20(28(31)32)21(29)27(22(26)30)15(2)33-3)10-9-16-12-24-25(13-16)14-17-7-5-6-8-18(17)23/h5-10,12-13,15H,4,11,14H2,1-3H3/b10-9+. The minimum atomic E-state index is -1.04. The van der Waals surface area contributed by atoms with E-state index in [1.807, 2.05) is 6.92 Å². The van der Waals surface area contributed by atoms with Crippen LogP contribution >= 0.6 is 0 Å². The quantitative estimate of drug-likeness (QED) is 0.360. The normalized spacial score (nSPS) is 12.4. The summed E-state index contributed by atoms with van der Waals surface area (Å²) >= 11 is 0. The van der Waals surface area contributed by atoms with E-state index in [9.17, 15) is 24.1 Å². The molecule has 0 aliphatic heterocycles. The monoisotopic (exact) mass is 457 g/mol. The zero-order valence-electron chi connectivity index (χ0n) is 18.5. The number of nitrogens with zero attached hydrogens (tertiary/aromatic N) is 5. The van der Waals surface area contributed by atoms with Crippen molar-refractivity contribution in [3.05, 3.63) is 90.2 Å². The molecule has 1 unspecified atom stereocenters. The van der Waals surface area contributed by atoms with Gasteiger partial charge in [-0.25, -0.2) is 13.8 Å². The lowest BCUT2D eigenvalue weighted by atomic mass is 10.2. The number of halogens is 1. The van der Waals surface area contributed by atoms with Gasteiger partial charge in [0.2, 0.25) is 0 Å². The summed E-state index contributed by atoms with van der Waals surface area (Å²) in [6.45, 7) is 3.64. The van der Waals surface area contributed by atoms with Crippen molar-refractivity contribution in [1.29, 1.82) is 0 Å². The molecule has 3 rings (SSSR count). The van der Waals surface area contributed by atoms with Crippen molar-refractivity contribution in [2.24, 2.45) is 0 Å². The fourth-order valence-corrected chi connectivity index (χ4v) is 3.41. The number of methoxy groups -OCH3 is 1. The zero-order valence-corrected chi connectivity index (χ0v) is 18.5. The van der Waals surface area contributed by atoms with Crippen molar-refractivity contribution < 1.29 is 14.1 Å². The van der Waals surface area contributed by atoms with Gasteiger partial charge in [0.15, 0.2) is 0 Å². The van der Waals surface area contributed by atoms with Crippen molar-refractivity contribution in [2.75, 3.05) is 7.11 Å². The van der Waals surface area contributed by atoms with Gasteiger partial charge in [0.25, 0.3) is 0 Å². The largest absolute Gasteiger partial charge is 0.361 e. The van der Waals surface area contributed by atoms with Crippen LogP contribution in [0.4, 0.5) is 10.1 Å². The first kappa shape index (κ1) is 23.8. The Bertz CT molecular complexity index is 1310. The van der Waals surface area contributed by atoms with E-state index in [1.54, 1.807) is 24.4 Å². The molecule has 1 atom stereocenters. The van der Waals surface area contributed by atoms with E-state index in [0.717, 1.165) is 4.57 Å². The number of hydrogen-bond acceptors (Lipinski definition) is 6. The zero-order chi connectivity index (χ0) is 24.1. The highest BCUT2D eigenvalue weighted by molar-refractivity contribution is 5.71. The molecule has 0 radical (unpaired) electrons. The highest BCUT2D eigenvalue weighted by Gasteiger charge is 2.28. The van der Waals surface area contributed by atoms with E-state index in [4.69, 9.17) is 4.74 Å². The minimum Gasteiger partial charge on any atom is -0.361 e. The van der Waals surface area contributed by atoms with Gasteiger partial charge in [-0.2, -0.15) is 5.10 Å². The van der Waals surface area contributed by atoms with Crippen LogP contribution in [0.2, 0.25) is 0 Å². The van der Waals surface area contributed by atoms with Crippen molar-refractivity contribution in [2.45, 2.75) is 39.6 Å². The maximum atomic E-state index is 13.9. The first-order valence-corrected chi connectivity index (χ1v) is 10.3. The molecule has 11 heteroatoms. The van der Waals surface area contributed by atoms with Crippen molar-refractivity contribution in [1.82, 2.24) is 18.9 Å². The molecule has 1 aromatic carbocycles. The molecule has 0 fully saturated rings. The molecule has 33 heavy (non-hydrogen) atoms. The Labute approximate surface area is 188 Å². The Morgan fingerprint density at radius 2 is 2.00 bits per heavy atom. The third-order valence-electron chi connectivity index (χ3n) is 5.10. The summed E-state index contributed by atoms with van der Waals surface area (Å²) in [6, 6.07) is 6.33. The van der Waals surface area contributed by atoms with Crippen LogP contribution < -0.4 is 11.2 Å². The number of benzene rings is 1. The Morgan fingerprint density at radius 3 is 2.64 bits per heavy atom. The fraction of sp³-hybridized carbons (Fsp3) is 0.318. The molecule has 0 amide bonds. The minimum absolute atomic E-state index is 0.113. The maximum Gasteiger partial charge on any atom is 0.357 e. The second-order valence-electron chi connectivity index (χ2n) is 7.33. The highest BCUT2D eigenvalue weighted by Crippen LogP contribution is 2.18. The Balaban J connectivity index is 2.05. The topological polar surface area (TPSA) is 114 Å². The summed E-state index contributed by atoms with van der Waals surface area (Å²) < 4.78 is 22.4. The van der Waals surface area contributed by atoms with E-state index in [-0.39, 0.29) is 24.6 Å². The highest BCUT2D eigenvalue weighted by atomic mass is 19.1. The first-order chi connectivity index (χ1) is 15.8. The number of nitro groups is 1. The molecule has 10 nitrogen and oxygen atoms in total. The third kappa shape index (κ3) is 4.98. The van der Waals surface area contributed by atoms with Gasteiger partial charge >= 0.3 is 16.9 Å². The summed E-state index contributed by atoms with van der Waals surface area (Å²) in [6.07, 6.45) is 5.54. The second-order valence-corrected chi connectivity index (χ2v) is 7.33. The molecular formula is C22H24FN5O5. The van der Waals surface area contributed by atoms with Gasteiger partial charge in [-0.15, -0.1) is 0 Å². The predicted octanol–water partition coefficient (Wildman–Crippen LogP) is 3.05. The molecule has 2 aromatic heterocycles. The number of aromatic nitrogens is 4. The van der Waals surface area contributed by atoms with E-state index < -0.39 is 28.1 Å². The SMILES string of the molecule is CCCn1c(/C=C/c2cnn(Cc3ccccc3F)c2)c([N+](=O)[O-])c(=O)n(C(C)OC)c1=O. The van der Waals surface area contributed by atoms with E-state index >= 15 is 0 Å². The van der Waals surface area contributed by atoms with Gasteiger partial charge in [0.05, 0.1) is 17.7 Å². The smallest absolute Gasteiger partial charge is 0.357 e. The van der Waals surface area contributed by atoms with Crippen LogP contribution in [0.3, 0.4) is 0 Å². The summed E-state index contributed by atoms with van der Waals surface area (Å²) in [5.41, 5.74) is -1.55. The lowest BCUT2D eigenvalue weighted by molar-refractivity contribution is -0.387. The van der Waals surface area contributed by atoms with Gasteiger partial charge in [0.1, 0.15) is 17.7 Å². The fourth-order valence-electron chi connectivity index (χ4n) is 3.41. The molecule has 0 N–H and O–H groups in total. The van der Waals surface area contributed by atoms with Crippen LogP contribution in [0, 0.1) is 15.9 Å². The van der Waals surface area contributed by atoms with Gasteiger partial charge in [-0.05, 0) is 31.6 Å². The molecule has 174 valence electrons. The number of hydrogen-bond donors (Lipinski definition) is 0. The van der Waals surface area contributed by atoms with E-state index in [1.165, 1.54) is 47.7 Å². The van der Waals surface area contributed by atoms with E-state index in [2.05, 4.69) is 5.10 Å². The molecule has 0 saturated heterocycles. The summed E-state index contributed by atoms with van der Waals surface area (Å²) in [7, 11) is 1.30. The van der Waals surface area contributed by atoms with Gasteiger partial charge in [-0.1, -0.05) is 25.1 Å². The van der Waals surface area contributed by atoms with Crippen LogP contribution in [0.5, 0.6) is 0 Å². The summed E-state index contributed by atoms with van der Waals surface area (Å²) in [5.74, 6) is -0.352. The van der Waals surface area contributed by atoms with Crippen molar-refractivity contribution >= 4 is 17.8 Å². The molecule has 2 heterocycles. The van der Waals surface area contributed by atoms with Crippen LogP contribution in [-0.4, -0.2) is 30.9 Å². The van der Waals surface area contributed by atoms with Crippen LogP contribution in [0.25, 0.3) is 12.2 Å². The van der Waals surface area contributed by atoms with Gasteiger partial charge in [-0.3, -0.25) is 24.2 Å². The maximum absolute atomic E-state index is 13.9. The van der Waals surface area contributed by atoms with E-state index in [0.29, 0.717) is 17.5 Å². The van der Waals surface area contributed by atoms with Gasteiger partial charge in [0, 0.05) is 31.0 Å². The molecule has 0 aliphatic carbocycles. The molecule has 3 aromatic rings. The Kier molecular flexibility index (Phi) is 7.34. The lowest BCUT2D eigenvalue weighted by Gasteiger charge is -2.16. The van der Waals surface area contributed by atoms with Crippen LogP contribution in [0.1, 0.15) is 43.3 Å². The Morgan fingerprint density at radius 1 is 1.27 bits per heavy atom. The van der Waals surface area contributed by atoms with Crippen molar-refractivity contribution in [3.8, 4) is 0 Å². The number of ether oxygens (including phenoxy) is 1. The lowest BCUT2D eigenvalue weighted by Crippen LogP contribution is -2.44. The molecule has 0 spiro atoms. The van der Waals surface area contributed by atoms with Crippen LogP contribution in [0.15, 0.2) is 46.2 Å². The second kappa shape index (κ2) is 10.2. The van der Waals surface area contributed by atoms with Crippen molar-refractivity contribution in [3.63, 3.8) is 0 Å². The Hall–Kier alpha value is -3.86. The average molecular weight is 457 g/mol. The van der Waals surface area contributed by atoms with Crippen LogP contribution in [-0.2, 0) is 17.8 Å². The summed E-state index contributed by atoms with van der Waals surface area (Å²) in [4.78, 5) is 36.7. The van der Waals surface area contributed by atoms with Gasteiger partial charge < -0.3 is 4.74 Å². The molecule has 0 saturated carbocycles. The molecule has 0 aliphatic rings. The third-order valence-corrected chi connectivity index (χ3v) is 5.10. The first-order valence-electron chi connectivity index (χ1n) is 10.3. The molecular weight excluding hydrogens is 433 g/mol. The molecule has 0 bridgehead atoms. The summed E-state index contributed by atoms with van der Waals surface area (Å²) in [5, 5.41) is 16.0. The predicted molar refractivity (Wildman–Crippen MR) is 120 cm³/mol. The number of rotatable bonds is 9. The average Bonchev–Trinajstić information content (AvgIpc) is 3.23.